The molecule has 0 unspecified atom stereocenters. The fourth-order valence-corrected chi connectivity index (χ4v) is 2.28. The lowest BCUT2D eigenvalue weighted by Crippen LogP contribution is -2.49. The standard InChI is InChI=1S/C14H19NO3S/c1-14(2,13(17)18)15-12(16)9-6-10-19-11-7-4-3-5-8-11/h3-5,7-8H,6,9-10H2,1-2H3,(H,15,16)(H,17,18). The zero-order valence-electron chi connectivity index (χ0n) is 11.2. The van der Waals surface area contributed by atoms with Crippen LogP contribution >= 0.6 is 11.8 Å². The van der Waals surface area contributed by atoms with Crippen LogP contribution in [-0.4, -0.2) is 28.3 Å². The van der Waals surface area contributed by atoms with Gasteiger partial charge in [-0.3, -0.25) is 4.79 Å². The molecule has 0 aliphatic rings. The third kappa shape index (κ3) is 5.79. The number of carboxylic acids is 1. The van der Waals surface area contributed by atoms with Gasteiger partial charge in [0.2, 0.25) is 5.91 Å². The number of carbonyl (C=O) groups excluding carboxylic acids is 1. The summed E-state index contributed by atoms with van der Waals surface area (Å²) in [5, 5.41) is 11.4. The fourth-order valence-electron chi connectivity index (χ4n) is 1.40. The first-order valence-corrected chi connectivity index (χ1v) is 7.12. The van der Waals surface area contributed by atoms with Gasteiger partial charge in [0.05, 0.1) is 0 Å². The Morgan fingerprint density at radius 3 is 2.47 bits per heavy atom. The van der Waals surface area contributed by atoms with E-state index in [9.17, 15) is 9.59 Å². The van der Waals surface area contributed by atoms with Crippen molar-refractivity contribution in [1.29, 1.82) is 0 Å². The van der Waals surface area contributed by atoms with Crippen LogP contribution in [-0.2, 0) is 9.59 Å². The van der Waals surface area contributed by atoms with E-state index in [1.165, 1.54) is 18.7 Å². The summed E-state index contributed by atoms with van der Waals surface area (Å²) in [5.74, 6) is -0.411. The summed E-state index contributed by atoms with van der Waals surface area (Å²) in [7, 11) is 0. The summed E-state index contributed by atoms with van der Waals surface area (Å²) in [6, 6.07) is 9.97. The monoisotopic (exact) mass is 281 g/mol. The van der Waals surface area contributed by atoms with Gasteiger partial charge < -0.3 is 10.4 Å². The molecule has 1 amide bonds. The number of thioether (sulfide) groups is 1. The Kier molecular flexibility index (Phi) is 5.89. The van der Waals surface area contributed by atoms with Gasteiger partial charge in [0.1, 0.15) is 5.54 Å². The van der Waals surface area contributed by atoms with Crippen molar-refractivity contribution in [3.63, 3.8) is 0 Å². The Hall–Kier alpha value is -1.49. The number of aliphatic carboxylic acids is 1. The van der Waals surface area contributed by atoms with Crippen LogP contribution in [0.1, 0.15) is 26.7 Å². The molecule has 4 nitrogen and oxygen atoms in total. The molecule has 0 saturated carbocycles. The number of nitrogens with one attached hydrogen (secondary N) is 1. The van der Waals surface area contributed by atoms with Gasteiger partial charge in [0.25, 0.3) is 0 Å². The zero-order valence-corrected chi connectivity index (χ0v) is 12.0. The van der Waals surface area contributed by atoms with Crippen LogP contribution in [0.15, 0.2) is 35.2 Å². The molecule has 0 fully saturated rings. The fraction of sp³-hybridized carbons (Fsp3) is 0.429. The van der Waals surface area contributed by atoms with Crippen LogP contribution in [0.4, 0.5) is 0 Å². The Morgan fingerprint density at radius 2 is 1.89 bits per heavy atom. The second-order valence-corrected chi connectivity index (χ2v) is 5.91. The predicted octanol–water partition coefficient (Wildman–Crippen LogP) is 2.54. The highest BCUT2D eigenvalue weighted by molar-refractivity contribution is 7.99. The second kappa shape index (κ2) is 7.19. The van der Waals surface area contributed by atoms with E-state index >= 15 is 0 Å². The van der Waals surface area contributed by atoms with Crippen molar-refractivity contribution in [2.24, 2.45) is 0 Å². The molecule has 0 saturated heterocycles. The average molecular weight is 281 g/mol. The SMILES string of the molecule is CC(C)(NC(=O)CCCSc1ccccc1)C(=O)O. The lowest BCUT2D eigenvalue weighted by atomic mass is 10.1. The molecule has 0 atom stereocenters. The Morgan fingerprint density at radius 1 is 1.26 bits per heavy atom. The maximum Gasteiger partial charge on any atom is 0.328 e. The van der Waals surface area contributed by atoms with Gasteiger partial charge in [-0.25, -0.2) is 4.79 Å². The Bertz CT molecular complexity index is 432. The van der Waals surface area contributed by atoms with Crippen molar-refractivity contribution in [3.05, 3.63) is 30.3 Å². The summed E-state index contributed by atoms with van der Waals surface area (Å²) in [5.41, 5.74) is -1.20. The highest BCUT2D eigenvalue weighted by atomic mass is 32.2. The van der Waals surface area contributed by atoms with Crippen LogP contribution in [0.5, 0.6) is 0 Å². The molecule has 0 heterocycles. The first kappa shape index (κ1) is 15.6. The maximum atomic E-state index is 11.6. The van der Waals surface area contributed by atoms with Gasteiger partial charge in [0, 0.05) is 11.3 Å². The van der Waals surface area contributed by atoms with E-state index in [1.54, 1.807) is 11.8 Å². The molecule has 1 aromatic carbocycles. The summed E-state index contributed by atoms with van der Waals surface area (Å²) in [4.78, 5) is 23.6. The topological polar surface area (TPSA) is 66.4 Å². The van der Waals surface area contributed by atoms with Crippen LogP contribution in [0.3, 0.4) is 0 Å². The third-order valence-electron chi connectivity index (χ3n) is 2.55. The molecule has 5 heteroatoms. The van der Waals surface area contributed by atoms with Crippen LogP contribution in [0.25, 0.3) is 0 Å². The van der Waals surface area contributed by atoms with E-state index < -0.39 is 11.5 Å². The van der Waals surface area contributed by atoms with Crippen molar-refractivity contribution in [1.82, 2.24) is 5.32 Å². The first-order valence-electron chi connectivity index (χ1n) is 6.14. The van der Waals surface area contributed by atoms with E-state index in [1.807, 2.05) is 30.3 Å². The Balaban J connectivity index is 2.23. The number of hydrogen-bond acceptors (Lipinski definition) is 3. The number of rotatable bonds is 7. The van der Waals surface area contributed by atoms with Crippen LogP contribution in [0.2, 0.25) is 0 Å². The minimum absolute atomic E-state index is 0.221. The molecule has 1 aromatic rings. The number of carbonyl (C=O) groups is 2. The third-order valence-corrected chi connectivity index (χ3v) is 3.64. The van der Waals surface area contributed by atoms with E-state index in [-0.39, 0.29) is 5.91 Å². The molecule has 1 rings (SSSR count). The van der Waals surface area contributed by atoms with Gasteiger partial charge in [-0.15, -0.1) is 11.8 Å². The van der Waals surface area contributed by atoms with E-state index in [0.717, 1.165) is 12.2 Å². The second-order valence-electron chi connectivity index (χ2n) is 4.74. The predicted molar refractivity (Wildman–Crippen MR) is 76.3 cm³/mol. The molecular formula is C14H19NO3S. The smallest absolute Gasteiger partial charge is 0.328 e. The van der Waals surface area contributed by atoms with Crippen molar-refractivity contribution in [3.8, 4) is 0 Å². The normalized spacial score (nSPS) is 11.1. The molecular weight excluding hydrogens is 262 g/mol. The maximum absolute atomic E-state index is 11.6. The van der Waals surface area contributed by atoms with Crippen LogP contribution in [0, 0.1) is 0 Å². The lowest BCUT2D eigenvalue weighted by molar-refractivity contribution is -0.146. The van der Waals surface area contributed by atoms with Gasteiger partial charge in [-0.1, -0.05) is 18.2 Å². The highest BCUT2D eigenvalue weighted by Crippen LogP contribution is 2.18. The van der Waals surface area contributed by atoms with E-state index in [2.05, 4.69) is 5.32 Å². The molecule has 0 bridgehead atoms. The molecule has 0 aliphatic heterocycles. The van der Waals surface area contributed by atoms with Gasteiger partial charge in [-0.05, 0) is 38.2 Å². The van der Waals surface area contributed by atoms with Crippen molar-refractivity contribution < 1.29 is 14.7 Å². The highest BCUT2D eigenvalue weighted by Gasteiger charge is 2.28. The molecule has 2 N–H and O–H groups in total. The van der Waals surface area contributed by atoms with Gasteiger partial charge in [-0.2, -0.15) is 0 Å². The Labute approximate surface area is 117 Å². The lowest BCUT2D eigenvalue weighted by Gasteiger charge is -2.20. The van der Waals surface area contributed by atoms with Crippen molar-refractivity contribution in [2.75, 3.05) is 5.75 Å². The molecule has 0 radical (unpaired) electrons. The average Bonchev–Trinajstić information content (AvgIpc) is 2.35. The molecule has 104 valence electrons. The summed E-state index contributed by atoms with van der Waals surface area (Å²) >= 11 is 1.69. The first-order chi connectivity index (χ1) is 8.92. The summed E-state index contributed by atoms with van der Waals surface area (Å²) in [6.07, 6.45) is 1.07. The quantitative estimate of drug-likeness (QED) is 0.595. The summed E-state index contributed by atoms with van der Waals surface area (Å²) in [6.45, 7) is 2.96. The van der Waals surface area contributed by atoms with Crippen molar-refractivity contribution >= 4 is 23.6 Å². The number of amides is 1. The van der Waals surface area contributed by atoms with Crippen LogP contribution < -0.4 is 5.32 Å². The van der Waals surface area contributed by atoms with E-state index in [0.29, 0.717) is 6.42 Å². The van der Waals surface area contributed by atoms with E-state index in [4.69, 9.17) is 5.11 Å². The minimum Gasteiger partial charge on any atom is -0.480 e. The number of hydrogen-bond donors (Lipinski definition) is 2. The largest absolute Gasteiger partial charge is 0.480 e. The van der Waals surface area contributed by atoms with Gasteiger partial charge in [0.15, 0.2) is 0 Å². The molecule has 19 heavy (non-hydrogen) atoms. The molecule has 0 aliphatic carbocycles. The van der Waals surface area contributed by atoms with Crippen molar-refractivity contribution in [2.45, 2.75) is 37.1 Å². The summed E-state index contributed by atoms with van der Waals surface area (Å²) < 4.78 is 0. The van der Waals surface area contributed by atoms with Gasteiger partial charge >= 0.3 is 5.97 Å². The zero-order chi connectivity index (χ0) is 14.3. The minimum atomic E-state index is -1.20. The molecule has 0 spiro atoms. The number of carboxylic acid groups (broad SMARTS) is 1. The molecule has 0 aromatic heterocycles. The number of benzene rings is 1.